The molecule has 4 rings (SSSR count). The molecule has 0 saturated carbocycles. The van der Waals surface area contributed by atoms with Gasteiger partial charge in [-0.25, -0.2) is 13.5 Å². The summed E-state index contributed by atoms with van der Waals surface area (Å²) >= 11 is 6.21. The minimum Gasteiger partial charge on any atom is -0.324 e. The van der Waals surface area contributed by atoms with Gasteiger partial charge in [0.1, 0.15) is 24.0 Å². The molecule has 1 aromatic heterocycles. The largest absolute Gasteiger partial charge is 0.324 e. The van der Waals surface area contributed by atoms with Crippen molar-refractivity contribution >= 4 is 23.2 Å². The van der Waals surface area contributed by atoms with E-state index >= 15 is 0 Å². The normalized spacial score (nSPS) is 16.3. The van der Waals surface area contributed by atoms with Gasteiger partial charge in [0.15, 0.2) is 0 Å². The first kappa shape index (κ1) is 14.8. The fraction of sp³-hybridized carbons (Fsp3) is 0.0588. The van der Waals surface area contributed by atoms with Crippen LogP contribution in [0.4, 0.5) is 14.7 Å². The number of anilines is 1. The predicted octanol–water partition coefficient (Wildman–Crippen LogP) is 4.27. The minimum atomic E-state index is -0.558. The summed E-state index contributed by atoms with van der Waals surface area (Å²) in [5.74, 6) is -0.293. The molecule has 2 heterocycles. The maximum Gasteiger partial charge on any atom is 0.226 e. The molecule has 0 bridgehead atoms. The second-order valence-corrected chi connectivity index (χ2v) is 5.73. The number of fused-ring (bicyclic) bond motifs is 1. The Balaban J connectivity index is 1.87. The predicted molar refractivity (Wildman–Crippen MR) is 87.6 cm³/mol. The van der Waals surface area contributed by atoms with Gasteiger partial charge in [-0.05, 0) is 48.0 Å². The second kappa shape index (κ2) is 5.72. The summed E-state index contributed by atoms with van der Waals surface area (Å²) in [4.78, 5) is 4.15. The molecule has 1 aliphatic heterocycles. The van der Waals surface area contributed by atoms with E-state index in [9.17, 15) is 8.78 Å². The number of hydrogen-bond donors (Lipinski definition) is 1. The van der Waals surface area contributed by atoms with Gasteiger partial charge in [0.2, 0.25) is 5.95 Å². The van der Waals surface area contributed by atoms with Crippen molar-refractivity contribution in [2.45, 2.75) is 6.04 Å². The lowest BCUT2D eigenvalue weighted by molar-refractivity contribution is 0.551. The number of hydrogen-bond acceptors (Lipinski definition) is 3. The highest BCUT2D eigenvalue weighted by atomic mass is 35.5. The minimum absolute atomic E-state index is 0.304. The van der Waals surface area contributed by atoms with E-state index in [0.717, 1.165) is 5.56 Å². The van der Waals surface area contributed by atoms with Crippen LogP contribution in [0.1, 0.15) is 17.2 Å². The summed E-state index contributed by atoms with van der Waals surface area (Å²) in [5, 5.41) is 7.57. The highest BCUT2D eigenvalue weighted by Crippen LogP contribution is 2.36. The smallest absolute Gasteiger partial charge is 0.226 e. The monoisotopic (exact) mass is 344 g/mol. The van der Waals surface area contributed by atoms with E-state index in [1.165, 1.54) is 24.5 Å². The highest BCUT2D eigenvalue weighted by molar-refractivity contribution is 6.31. The average molecular weight is 345 g/mol. The lowest BCUT2D eigenvalue weighted by atomic mass is 10.0. The van der Waals surface area contributed by atoms with Crippen molar-refractivity contribution in [2.75, 3.05) is 5.32 Å². The number of nitrogens with zero attached hydrogens (tertiary/aromatic N) is 3. The van der Waals surface area contributed by atoms with Crippen molar-refractivity contribution in [2.24, 2.45) is 0 Å². The molecule has 7 heteroatoms. The van der Waals surface area contributed by atoms with Gasteiger partial charge in [-0.15, -0.1) is 0 Å². The van der Waals surface area contributed by atoms with Gasteiger partial charge in [0.25, 0.3) is 0 Å². The Morgan fingerprint density at radius 3 is 2.62 bits per heavy atom. The fourth-order valence-electron chi connectivity index (χ4n) is 2.73. The van der Waals surface area contributed by atoms with Gasteiger partial charge in [0.05, 0.1) is 0 Å². The molecule has 1 N–H and O–H groups in total. The molecule has 0 aliphatic carbocycles. The van der Waals surface area contributed by atoms with E-state index in [4.69, 9.17) is 11.6 Å². The van der Waals surface area contributed by atoms with Crippen LogP contribution in [0.3, 0.4) is 0 Å². The van der Waals surface area contributed by atoms with Crippen molar-refractivity contribution in [1.29, 1.82) is 0 Å². The molecule has 0 amide bonds. The first-order chi connectivity index (χ1) is 11.6. The van der Waals surface area contributed by atoms with Gasteiger partial charge in [-0.3, -0.25) is 0 Å². The Hall–Kier alpha value is -2.73. The van der Waals surface area contributed by atoms with E-state index in [1.807, 2.05) is 0 Å². The van der Waals surface area contributed by atoms with Crippen molar-refractivity contribution in [3.63, 3.8) is 0 Å². The summed E-state index contributed by atoms with van der Waals surface area (Å²) in [5.41, 5.74) is 1.75. The van der Waals surface area contributed by atoms with E-state index in [-0.39, 0.29) is 5.82 Å². The molecule has 1 atom stereocenters. The molecule has 0 radical (unpaired) electrons. The van der Waals surface area contributed by atoms with Crippen molar-refractivity contribution in [1.82, 2.24) is 14.8 Å². The molecule has 0 fully saturated rings. The molecule has 1 aliphatic rings. The Labute approximate surface area is 141 Å². The Morgan fingerprint density at radius 2 is 1.88 bits per heavy atom. The maximum absolute atomic E-state index is 14.4. The Bertz CT molecular complexity index is 914. The number of benzene rings is 2. The van der Waals surface area contributed by atoms with Gasteiger partial charge in [0, 0.05) is 16.3 Å². The molecule has 0 saturated heterocycles. The first-order valence-corrected chi connectivity index (χ1v) is 7.59. The summed E-state index contributed by atoms with van der Waals surface area (Å²) in [6.45, 7) is 0. The molecule has 2 aromatic carbocycles. The molecule has 0 spiro atoms. The van der Waals surface area contributed by atoms with Crippen molar-refractivity contribution in [3.05, 3.63) is 82.7 Å². The summed E-state index contributed by atoms with van der Waals surface area (Å²) in [7, 11) is 0. The first-order valence-electron chi connectivity index (χ1n) is 7.21. The average Bonchev–Trinajstić information content (AvgIpc) is 3.04. The summed E-state index contributed by atoms with van der Waals surface area (Å²) in [6, 6.07) is 9.98. The van der Waals surface area contributed by atoms with Gasteiger partial charge in [-0.2, -0.15) is 10.1 Å². The third-order valence-corrected chi connectivity index (χ3v) is 4.19. The van der Waals surface area contributed by atoms with E-state index in [2.05, 4.69) is 15.4 Å². The number of rotatable bonds is 2. The fourth-order valence-corrected chi connectivity index (χ4v) is 3.01. The van der Waals surface area contributed by atoms with Crippen molar-refractivity contribution < 1.29 is 8.78 Å². The second-order valence-electron chi connectivity index (χ2n) is 5.32. The third-order valence-electron chi connectivity index (χ3n) is 3.86. The summed E-state index contributed by atoms with van der Waals surface area (Å²) < 4.78 is 29.1. The zero-order chi connectivity index (χ0) is 16.7. The van der Waals surface area contributed by atoms with E-state index in [0.29, 0.717) is 22.2 Å². The number of nitrogens with one attached hydrogen (secondary N) is 1. The topological polar surface area (TPSA) is 42.7 Å². The quantitative estimate of drug-likeness (QED) is 0.755. The zero-order valence-corrected chi connectivity index (χ0v) is 13.0. The number of allylic oxidation sites excluding steroid dienone is 1. The molecule has 24 heavy (non-hydrogen) atoms. The number of halogens is 3. The zero-order valence-electron chi connectivity index (χ0n) is 12.2. The van der Waals surface area contributed by atoms with E-state index < -0.39 is 11.9 Å². The maximum atomic E-state index is 14.4. The molecule has 4 nitrogen and oxygen atoms in total. The Kier molecular flexibility index (Phi) is 3.54. The van der Waals surface area contributed by atoms with Crippen LogP contribution in [0.5, 0.6) is 0 Å². The molecule has 120 valence electrons. The van der Waals surface area contributed by atoms with Gasteiger partial charge >= 0.3 is 0 Å². The summed E-state index contributed by atoms with van der Waals surface area (Å²) in [6.07, 6.45) is 3.17. The van der Waals surface area contributed by atoms with E-state index in [1.54, 1.807) is 35.0 Å². The van der Waals surface area contributed by atoms with Gasteiger partial charge < -0.3 is 5.32 Å². The van der Waals surface area contributed by atoms with Crippen molar-refractivity contribution in [3.8, 4) is 0 Å². The Morgan fingerprint density at radius 1 is 1.08 bits per heavy atom. The molecule has 3 aromatic rings. The van der Waals surface area contributed by atoms with Crippen LogP contribution < -0.4 is 5.32 Å². The highest BCUT2D eigenvalue weighted by Gasteiger charge is 2.27. The van der Waals surface area contributed by atoms with Crippen LogP contribution in [0, 0.1) is 11.6 Å². The standard InChI is InChI=1S/C17H11ClF2N4/c18-12-2-1-3-13(20)16(12)15-8-14(10-4-6-11(19)7-5-10)23-17-21-9-22-24(15)17/h1-9,15H,(H,21,22,23)/t15-/m1/s1. The van der Waals surface area contributed by atoms with Gasteiger partial charge in [-0.1, -0.05) is 17.7 Å². The van der Waals surface area contributed by atoms with Crippen LogP contribution in [0.2, 0.25) is 5.02 Å². The molecular weight excluding hydrogens is 334 g/mol. The number of aromatic nitrogens is 3. The van der Waals surface area contributed by atoms with Crippen LogP contribution in [0.15, 0.2) is 54.9 Å². The lowest BCUT2D eigenvalue weighted by Gasteiger charge is -2.25. The van der Waals surface area contributed by atoms with Crippen LogP contribution in [0.25, 0.3) is 5.70 Å². The molecule has 0 unspecified atom stereocenters. The third kappa shape index (κ3) is 2.45. The van der Waals surface area contributed by atoms with Crippen LogP contribution >= 0.6 is 11.6 Å². The lowest BCUT2D eigenvalue weighted by Crippen LogP contribution is -2.21. The SMILES string of the molecule is Fc1ccc(C2=C[C@H](c3c(F)cccc3Cl)n3ncnc3N2)cc1. The molecular formula is C17H11ClF2N4. The van der Waals surface area contributed by atoms with Crippen LogP contribution in [-0.4, -0.2) is 14.8 Å². The van der Waals surface area contributed by atoms with Crippen LogP contribution in [-0.2, 0) is 0 Å².